The first-order valence-electron chi connectivity index (χ1n) is 8.52. The number of carbonyl (C=O) groups is 1. The van der Waals surface area contributed by atoms with E-state index in [9.17, 15) is 4.79 Å². The lowest BCUT2D eigenvalue weighted by Crippen LogP contribution is -2.33. The van der Waals surface area contributed by atoms with E-state index in [1.54, 1.807) is 11.2 Å². The van der Waals surface area contributed by atoms with Crippen LogP contribution in [-0.2, 0) is 17.9 Å². The third-order valence-corrected chi connectivity index (χ3v) is 5.11. The van der Waals surface area contributed by atoms with Gasteiger partial charge in [-0.2, -0.15) is 0 Å². The van der Waals surface area contributed by atoms with Crippen molar-refractivity contribution in [3.8, 4) is 11.6 Å². The molecule has 1 aromatic carbocycles. The number of nitrogens with zero attached hydrogens (tertiary/aromatic N) is 4. The molecule has 0 saturated heterocycles. The lowest BCUT2D eigenvalue weighted by atomic mass is 10.2. The second kappa shape index (κ2) is 8.23. The van der Waals surface area contributed by atoms with Gasteiger partial charge in [0, 0.05) is 20.1 Å². The molecule has 2 heterocycles. The Bertz CT molecular complexity index is 846. The van der Waals surface area contributed by atoms with E-state index >= 15 is 0 Å². The molecule has 7 heteroatoms. The van der Waals surface area contributed by atoms with E-state index < -0.39 is 0 Å². The first-order valence-corrected chi connectivity index (χ1v) is 9.40. The fourth-order valence-electron chi connectivity index (χ4n) is 2.70. The van der Waals surface area contributed by atoms with Gasteiger partial charge < -0.3 is 9.32 Å². The highest BCUT2D eigenvalue weighted by Crippen LogP contribution is 2.27. The topological polar surface area (TPSA) is 64.2 Å². The number of amides is 1. The van der Waals surface area contributed by atoms with Crippen LogP contribution in [-0.4, -0.2) is 37.9 Å². The lowest BCUT2D eigenvalue weighted by Gasteiger charge is -2.21. The van der Waals surface area contributed by atoms with Crippen molar-refractivity contribution in [3.63, 3.8) is 0 Å². The van der Waals surface area contributed by atoms with Crippen molar-refractivity contribution in [2.75, 3.05) is 7.05 Å². The van der Waals surface area contributed by atoms with Crippen molar-refractivity contribution >= 4 is 17.7 Å². The van der Waals surface area contributed by atoms with Gasteiger partial charge in [-0.25, -0.2) is 0 Å². The van der Waals surface area contributed by atoms with Crippen molar-refractivity contribution in [2.45, 2.75) is 37.3 Å². The van der Waals surface area contributed by atoms with E-state index in [2.05, 4.69) is 10.2 Å². The fourth-order valence-corrected chi connectivity index (χ4v) is 3.73. The summed E-state index contributed by atoms with van der Waals surface area (Å²) < 4.78 is 7.39. The molecule has 0 bridgehead atoms. The number of rotatable bonds is 7. The Labute approximate surface area is 157 Å². The first kappa shape index (κ1) is 18.3. The standard InChI is InChI=1S/C19H22N4O2S/c1-4-23-17(16-11-8-12-25-16)20-21-19(23)26-14(2)18(24)22(3)13-15-9-6-5-7-10-15/h5-12,14H,4,13H2,1-3H3. The Kier molecular flexibility index (Phi) is 5.78. The Morgan fingerprint density at radius 2 is 2.00 bits per heavy atom. The molecular weight excluding hydrogens is 348 g/mol. The maximum absolute atomic E-state index is 12.7. The van der Waals surface area contributed by atoms with Gasteiger partial charge in [0.2, 0.25) is 5.91 Å². The van der Waals surface area contributed by atoms with Gasteiger partial charge in [0.05, 0.1) is 11.5 Å². The Balaban J connectivity index is 1.69. The molecule has 0 saturated carbocycles. The summed E-state index contributed by atoms with van der Waals surface area (Å²) in [6, 6.07) is 13.6. The second-order valence-corrected chi connectivity index (χ2v) is 7.28. The molecule has 1 amide bonds. The van der Waals surface area contributed by atoms with Crippen LogP contribution in [0.1, 0.15) is 19.4 Å². The van der Waals surface area contributed by atoms with Gasteiger partial charge in [0.15, 0.2) is 16.7 Å². The molecule has 3 rings (SSSR count). The minimum absolute atomic E-state index is 0.0593. The molecule has 3 aromatic rings. The number of hydrogen-bond donors (Lipinski definition) is 0. The summed E-state index contributed by atoms with van der Waals surface area (Å²) in [6.45, 7) is 5.21. The molecule has 0 aliphatic carbocycles. The number of furan rings is 1. The Morgan fingerprint density at radius 1 is 1.23 bits per heavy atom. The molecule has 0 radical (unpaired) electrons. The number of hydrogen-bond acceptors (Lipinski definition) is 5. The van der Waals surface area contributed by atoms with Crippen LogP contribution in [0, 0.1) is 0 Å². The van der Waals surface area contributed by atoms with Crippen LogP contribution in [0.5, 0.6) is 0 Å². The van der Waals surface area contributed by atoms with Gasteiger partial charge >= 0.3 is 0 Å². The highest BCUT2D eigenvalue weighted by molar-refractivity contribution is 8.00. The first-order chi connectivity index (χ1) is 12.6. The average Bonchev–Trinajstić information content (AvgIpc) is 3.31. The van der Waals surface area contributed by atoms with Crippen molar-refractivity contribution in [1.82, 2.24) is 19.7 Å². The second-order valence-electron chi connectivity index (χ2n) is 5.97. The summed E-state index contributed by atoms with van der Waals surface area (Å²) in [7, 11) is 1.82. The summed E-state index contributed by atoms with van der Waals surface area (Å²) in [5.74, 6) is 1.41. The molecule has 0 aliphatic rings. The van der Waals surface area contributed by atoms with Crippen molar-refractivity contribution in [2.24, 2.45) is 0 Å². The maximum Gasteiger partial charge on any atom is 0.235 e. The van der Waals surface area contributed by atoms with Gasteiger partial charge in [0.25, 0.3) is 0 Å². The maximum atomic E-state index is 12.7. The summed E-state index contributed by atoms with van der Waals surface area (Å²) in [5, 5.41) is 8.94. The van der Waals surface area contributed by atoms with E-state index in [4.69, 9.17) is 4.42 Å². The van der Waals surface area contributed by atoms with E-state index in [-0.39, 0.29) is 11.2 Å². The third kappa shape index (κ3) is 3.99. The largest absolute Gasteiger partial charge is 0.461 e. The van der Waals surface area contributed by atoms with E-state index in [1.165, 1.54) is 11.8 Å². The molecule has 136 valence electrons. The van der Waals surface area contributed by atoms with Crippen LogP contribution in [0.25, 0.3) is 11.6 Å². The zero-order valence-electron chi connectivity index (χ0n) is 15.1. The molecule has 6 nitrogen and oxygen atoms in total. The quantitative estimate of drug-likeness (QED) is 0.594. The summed E-state index contributed by atoms with van der Waals surface area (Å²) >= 11 is 1.42. The zero-order chi connectivity index (χ0) is 18.5. The third-order valence-electron chi connectivity index (χ3n) is 4.04. The SMILES string of the molecule is CCn1c(SC(C)C(=O)N(C)Cc2ccccc2)nnc1-c1ccco1. The van der Waals surface area contributed by atoms with Crippen molar-refractivity contribution in [3.05, 3.63) is 54.3 Å². The summed E-state index contributed by atoms with van der Waals surface area (Å²) in [6.07, 6.45) is 1.61. The smallest absolute Gasteiger partial charge is 0.235 e. The number of benzene rings is 1. The normalized spacial score (nSPS) is 12.1. The Morgan fingerprint density at radius 3 is 2.65 bits per heavy atom. The van der Waals surface area contributed by atoms with E-state index in [0.717, 1.165) is 5.56 Å². The van der Waals surface area contributed by atoms with Gasteiger partial charge in [-0.1, -0.05) is 42.1 Å². The van der Waals surface area contributed by atoms with Crippen molar-refractivity contribution in [1.29, 1.82) is 0 Å². The van der Waals surface area contributed by atoms with Gasteiger partial charge in [0.1, 0.15) is 0 Å². The Hall–Kier alpha value is -2.54. The molecular formula is C19H22N4O2S. The molecule has 0 fully saturated rings. The van der Waals surface area contributed by atoms with Gasteiger partial charge in [-0.15, -0.1) is 10.2 Å². The molecule has 0 N–H and O–H groups in total. The lowest BCUT2D eigenvalue weighted by molar-refractivity contribution is -0.129. The zero-order valence-corrected chi connectivity index (χ0v) is 15.9. The van der Waals surface area contributed by atoms with Crippen LogP contribution in [0.2, 0.25) is 0 Å². The average molecular weight is 370 g/mol. The minimum Gasteiger partial charge on any atom is -0.461 e. The molecule has 2 aromatic heterocycles. The van der Waals surface area contributed by atoms with Crippen LogP contribution in [0.3, 0.4) is 0 Å². The summed E-state index contributed by atoms with van der Waals surface area (Å²) in [4.78, 5) is 14.5. The van der Waals surface area contributed by atoms with Crippen LogP contribution in [0.4, 0.5) is 0 Å². The van der Waals surface area contributed by atoms with Gasteiger partial charge in [-0.3, -0.25) is 9.36 Å². The van der Waals surface area contributed by atoms with E-state index in [1.807, 2.05) is 67.9 Å². The number of thioether (sulfide) groups is 1. The predicted octanol–water partition coefficient (Wildman–Crippen LogP) is 3.70. The molecule has 1 atom stereocenters. The van der Waals surface area contributed by atoms with Gasteiger partial charge in [-0.05, 0) is 31.5 Å². The summed E-state index contributed by atoms with van der Waals surface area (Å²) in [5.41, 5.74) is 1.11. The number of carbonyl (C=O) groups excluding carboxylic acids is 1. The minimum atomic E-state index is -0.261. The predicted molar refractivity (Wildman–Crippen MR) is 102 cm³/mol. The molecule has 26 heavy (non-hydrogen) atoms. The fraction of sp³-hybridized carbons (Fsp3) is 0.316. The highest BCUT2D eigenvalue weighted by Gasteiger charge is 2.23. The van der Waals surface area contributed by atoms with Crippen LogP contribution < -0.4 is 0 Å². The highest BCUT2D eigenvalue weighted by atomic mass is 32.2. The van der Waals surface area contributed by atoms with Crippen molar-refractivity contribution < 1.29 is 9.21 Å². The molecule has 0 aliphatic heterocycles. The van der Waals surface area contributed by atoms with Crippen LogP contribution >= 0.6 is 11.8 Å². The number of aromatic nitrogens is 3. The molecule has 0 spiro atoms. The van der Waals surface area contributed by atoms with E-state index in [0.29, 0.717) is 29.8 Å². The molecule has 1 unspecified atom stereocenters. The monoisotopic (exact) mass is 370 g/mol. The van der Waals surface area contributed by atoms with Crippen LogP contribution in [0.15, 0.2) is 58.3 Å².